The number of aromatic nitrogens is 3. The van der Waals surface area contributed by atoms with E-state index in [1.807, 2.05) is 36.4 Å². The van der Waals surface area contributed by atoms with Gasteiger partial charge in [-0.2, -0.15) is 5.26 Å². The van der Waals surface area contributed by atoms with Crippen LogP contribution in [-0.2, 0) is 11.3 Å². The molecule has 0 radical (unpaired) electrons. The summed E-state index contributed by atoms with van der Waals surface area (Å²) in [5, 5.41) is 18.6. The monoisotopic (exact) mass is 395 g/mol. The van der Waals surface area contributed by atoms with Crippen molar-refractivity contribution in [2.24, 2.45) is 0 Å². The lowest BCUT2D eigenvalue weighted by Gasteiger charge is -2.21. The maximum absolute atomic E-state index is 12.8. The number of allylic oxidation sites excluding steroid dienone is 1. The Balaban J connectivity index is 1.72. The zero-order valence-electron chi connectivity index (χ0n) is 16.0. The first-order chi connectivity index (χ1) is 13.7. The van der Waals surface area contributed by atoms with Gasteiger partial charge in [0.05, 0.1) is 11.8 Å². The Labute approximate surface area is 170 Å². The molecule has 146 valence electrons. The average molecular weight is 396 g/mol. The number of rotatable bonds is 8. The first-order valence-corrected chi connectivity index (χ1v) is 10.6. The number of carbonyl (C=O) groups is 1. The number of hydrogen-bond acceptors (Lipinski definition) is 5. The van der Waals surface area contributed by atoms with Crippen molar-refractivity contribution in [3.8, 4) is 6.07 Å². The molecule has 0 N–H and O–H groups in total. The van der Waals surface area contributed by atoms with E-state index in [0.29, 0.717) is 12.5 Å². The van der Waals surface area contributed by atoms with Crippen molar-refractivity contribution < 1.29 is 4.79 Å². The van der Waals surface area contributed by atoms with Gasteiger partial charge in [-0.1, -0.05) is 55.3 Å². The number of anilines is 1. The third-order valence-corrected chi connectivity index (χ3v) is 5.90. The summed E-state index contributed by atoms with van der Waals surface area (Å²) in [6.07, 6.45) is 7.87. The standard InChI is InChI=1S/C21H25N5OS/c1-2-14-26-20(17-9-5-3-6-10-17)23-24-21(26)28-16-19(27)25(15-13-22)18-11-7-4-8-12-18/h2,4,7-8,11-12,17H,1,3,5-6,9-10,14-16H2. The molecule has 0 aliphatic heterocycles. The zero-order chi connectivity index (χ0) is 19.8. The van der Waals surface area contributed by atoms with Crippen molar-refractivity contribution >= 4 is 23.4 Å². The molecule has 1 fully saturated rings. The molecule has 2 aromatic rings. The number of nitriles is 1. The van der Waals surface area contributed by atoms with Gasteiger partial charge in [0.1, 0.15) is 12.4 Å². The lowest BCUT2D eigenvalue weighted by atomic mass is 9.89. The molecule has 1 amide bonds. The molecule has 6 nitrogen and oxygen atoms in total. The Hall–Kier alpha value is -2.59. The van der Waals surface area contributed by atoms with Crippen LogP contribution in [0.2, 0.25) is 0 Å². The fraction of sp³-hybridized carbons (Fsp3) is 0.429. The molecule has 0 atom stereocenters. The lowest BCUT2D eigenvalue weighted by Crippen LogP contribution is -2.32. The molecule has 1 aromatic heterocycles. The number of hydrogen-bond donors (Lipinski definition) is 0. The number of carbonyl (C=O) groups excluding carboxylic acids is 1. The number of amides is 1. The van der Waals surface area contributed by atoms with Crippen LogP contribution in [0.15, 0.2) is 48.1 Å². The second-order valence-electron chi connectivity index (χ2n) is 6.84. The fourth-order valence-electron chi connectivity index (χ4n) is 3.58. The minimum absolute atomic E-state index is 0.0239. The smallest absolute Gasteiger partial charge is 0.238 e. The lowest BCUT2D eigenvalue weighted by molar-refractivity contribution is -0.116. The highest BCUT2D eigenvalue weighted by atomic mass is 32.2. The van der Waals surface area contributed by atoms with Crippen LogP contribution in [0.3, 0.4) is 0 Å². The van der Waals surface area contributed by atoms with Crippen LogP contribution in [0.25, 0.3) is 0 Å². The van der Waals surface area contributed by atoms with Crippen LogP contribution in [-0.4, -0.2) is 33.0 Å². The van der Waals surface area contributed by atoms with Crippen LogP contribution in [0.5, 0.6) is 0 Å². The molecule has 1 heterocycles. The molecule has 3 rings (SSSR count). The van der Waals surface area contributed by atoms with Crippen LogP contribution in [0.1, 0.15) is 43.8 Å². The normalized spacial score (nSPS) is 14.4. The minimum Gasteiger partial charge on any atom is -0.302 e. The van der Waals surface area contributed by atoms with Crippen molar-refractivity contribution in [3.05, 3.63) is 48.8 Å². The molecular weight excluding hydrogens is 370 g/mol. The Morgan fingerprint density at radius 3 is 2.71 bits per heavy atom. The number of nitrogens with zero attached hydrogens (tertiary/aromatic N) is 5. The van der Waals surface area contributed by atoms with Gasteiger partial charge >= 0.3 is 0 Å². The molecular formula is C21H25N5OS. The quantitative estimate of drug-likeness (QED) is 0.381. The zero-order valence-corrected chi connectivity index (χ0v) is 16.8. The van der Waals surface area contributed by atoms with Gasteiger partial charge in [-0.15, -0.1) is 16.8 Å². The molecule has 0 spiro atoms. The van der Waals surface area contributed by atoms with Crippen molar-refractivity contribution in [1.82, 2.24) is 14.8 Å². The summed E-state index contributed by atoms with van der Waals surface area (Å²) in [5.74, 6) is 1.53. The molecule has 1 aromatic carbocycles. The van der Waals surface area contributed by atoms with E-state index in [0.717, 1.165) is 29.5 Å². The SMILES string of the molecule is C=CCn1c(SCC(=O)N(CC#N)c2ccccc2)nnc1C1CCCCC1. The predicted molar refractivity (Wildman–Crippen MR) is 111 cm³/mol. The summed E-state index contributed by atoms with van der Waals surface area (Å²) >= 11 is 1.37. The Morgan fingerprint density at radius 1 is 1.29 bits per heavy atom. The highest BCUT2D eigenvalue weighted by molar-refractivity contribution is 7.99. The van der Waals surface area contributed by atoms with E-state index >= 15 is 0 Å². The van der Waals surface area contributed by atoms with Gasteiger partial charge in [-0.05, 0) is 25.0 Å². The van der Waals surface area contributed by atoms with E-state index in [4.69, 9.17) is 5.26 Å². The van der Waals surface area contributed by atoms with E-state index in [-0.39, 0.29) is 18.2 Å². The molecule has 1 aliphatic carbocycles. The maximum atomic E-state index is 12.8. The van der Waals surface area contributed by atoms with Gasteiger partial charge in [0.2, 0.25) is 5.91 Å². The summed E-state index contributed by atoms with van der Waals surface area (Å²) in [4.78, 5) is 14.3. The van der Waals surface area contributed by atoms with E-state index in [1.54, 1.807) is 0 Å². The molecule has 28 heavy (non-hydrogen) atoms. The van der Waals surface area contributed by atoms with Crippen molar-refractivity contribution in [1.29, 1.82) is 5.26 Å². The maximum Gasteiger partial charge on any atom is 0.238 e. The summed E-state index contributed by atoms with van der Waals surface area (Å²) in [7, 11) is 0. The fourth-order valence-corrected chi connectivity index (χ4v) is 4.41. The minimum atomic E-state index is -0.120. The molecule has 0 saturated heterocycles. The van der Waals surface area contributed by atoms with Gasteiger partial charge in [-0.25, -0.2) is 0 Å². The van der Waals surface area contributed by atoms with Gasteiger partial charge in [0.15, 0.2) is 5.16 Å². The molecule has 0 unspecified atom stereocenters. The van der Waals surface area contributed by atoms with Crippen molar-refractivity contribution in [3.63, 3.8) is 0 Å². The highest BCUT2D eigenvalue weighted by Crippen LogP contribution is 2.33. The van der Waals surface area contributed by atoms with Gasteiger partial charge < -0.3 is 4.57 Å². The largest absolute Gasteiger partial charge is 0.302 e. The molecule has 7 heteroatoms. The number of benzene rings is 1. The first-order valence-electron chi connectivity index (χ1n) is 9.63. The van der Waals surface area contributed by atoms with Gasteiger partial charge in [-0.3, -0.25) is 9.69 Å². The van der Waals surface area contributed by atoms with Crippen LogP contribution in [0.4, 0.5) is 5.69 Å². The third kappa shape index (κ3) is 4.82. The van der Waals surface area contributed by atoms with E-state index in [2.05, 4.69) is 27.4 Å². The highest BCUT2D eigenvalue weighted by Gasteiger charge is 2.24. The van der Waals surface area contributed by atoms with Gasteiger partial charge in [0.25, 0.3) is 0 Å². The van der Waals surface area contributed by atoms with Gasteiger partial charge in [0, 0.05) is 18.2 Å². The predicted octanol–water partition coefficient (Wildman–Crippen LogP) is 4.16. The van der Waals surface area contributed by atoms with Crippen molar-refractivity contribution in [2.45, 2.75) is 49.7 Å². The van der Waals surface area contributed by atoms with Crippen LogP contribution < -0.4 is 4.90 Å². The molecule has 0 bridgehead atoms. The summed E-state index contributed by atoms with van der Waals surface area (Å²) in [6.45, 7) is 4.51. The Kier molecular flexibility index (Phi) is 7.26. The van der Waals surface area contributed by atoms with E-state index in [1.165, 1.54) is 35.9 Å². The number of thioether (sulfide) groups is 1. The van der Waals surface area contributed by atoms with Crippen LogP contribution >= 0.6 is 11.8 Å². The summed E-state index contributed by atoms with van der Waals surface area (Å²) in [5.41, 5.74) is 0.727. The Bertz CT molecular complexity index is 836. The first kappa shape index (κ1) is 20.2. The topological polar surface area (TPSA) is 74.8 Å². The Morgan fingerprint density at radius 2 is 2.04 bits per heavy atom. The second-order valence-corrected chi connectivity index (χ2v) is 7.78. The average Bonchev–Trinajstić information content (AvgIpc) is 3.14. The molecule has 1 saturated carbocycles. The number of para-hydroxylation sites is 1. The van der Waals surface area contributed by atoms with E-state index in [9.17, 15) is 4.79 Å². The second kappa shape index (κ2) is 10.1. The van der Waals surface area contributed by atoms with E-state index < -0.39 is 0 Å². The third-order valence-electron chi connectivity index (χ3n) is 4.95. The van der Waals surface area contributed by atoms with Crippen LogP contribution in [0, 0.1) is 11.3 Å². The summed E-state index contributed by atoms with van der Waals surface area (Å²) in [6, 6.07) is 11.3. The summed E-state index contributed by atoms with van der Waals surface area (Å²) < 4.78 is 2.08. The van der Waals surface area contributed by atoms with Crippen molar-refractivity contribution in [2.75, 3.05) is 17.2 Å². The molecule has 1 aliphatic rings.